The lowest BCUT2D eigenvalue weighted by molar-refractivity contribution is -0.917. The fourth-order valence-electron chi connectivity index (χ4n) is 3.44. The SMILES string of the molecule is O=C(OCC[NH+](CCOC(=O)c1c(I)ccc(I)c1O)COC(=O)c1c(I)ccc(I)c1O)c1c(I)ccc(I)c1O. The van der Waals surface area contributed by atoms with E-state index in [-0.39, 0.29) is 67.0 Å². The fourth-order valence-corrected chi connectivity index (χ4v) is 6.75. The third-order valence-corrected chi connectivity index (χ3v) is 10.9. The summed E-state index contributed by atoms with van der Waals surface area (Å²) in [6.07, 6.45) is 0. The predicted octanol–water partition coefficient (Wildman–Crippen LogP) is 5.14. The van der Waals surface area contributed by atoms with Gasteiger partial charge in [0.25, 0.3) is 0 Å². The van der Waals surface area contributed by atoms with Gasteiger partial charge in [-0.15, -0.1) is 0 Å². The summed E-state index contributed by atoms with van der Waals surface area (Å²) in [7, 11) is 0. The summed E-state index contributed by atoms with van der Waals surface area (Å²) in [6, 6.07) is 10.1. The van der Waals surface area contributed by atoms with Crippen molar-refractivity contribution in [3.63, 3.8) is 0 Å². The summed E-state index contributed by atoms with van der Waals surface area (Å²) >= 11 is 11.5. The van der Waals surface area contributed by atoms with Crippen molar-refractivity contribution in [3.8, 4) is 17.2 Å². The van der Waals surface area contributed by atoms with Gasteiger partial charge in [0.15, 0.2) is 0 Å². The van der Waals surface area contributed by atoms with E-state index in [9.17, 15) is 29.7 Å². The zero-order chi connectivity index (χ0) is 31.1. The van der Waals surface area contributed by atoms with Gasteiger partial charge in [-0.2, -0.15) is 0 Å². The number of carbonyl (C=O) groups is 3. The molecule has 0 amide bonds. The molecule has 0 aliphatic rings. The molecule has 3 aromatic rings. The largest absolute Gasteiger partial charge is 0.506 e. The van der Waals surface area contributed by atoms with E-state index in [0.717, 1.165) is 0 Å². The number of rotatable bonds is 11. The van der Waals surface area contributed by atoms with Gasteiger partial charge in [0, 0.05) is 10.7 Å². The van der Waals surface area contributed by atoms with Crippen LogP contribution >= 0.6 is 136 Å². The third-order valence-electron chi connectivity index (χ3n) is 5.63. The number of benzene rings is 3. The van der Waals surface area contributed by atoms with Crippen LogP contribution in [0.15, 0.2) is 36.4 Å². The predicted molar refractivity (Wildman–Crippen MR) is 202 cm³/mol. The van der Waals surface area contributed by atoms with Crippen LogP contribution in [0, 0.1) is 21.4 Å². The first-order chi connectivity index (χ1) is 19.8. The molecule has 0 atom stereocenters. The topological polar surface area (TPSA) is 144 Å². The standard InChI is InChI=1S/C26H19I6NO9/c27-12-1-4-15(30)21(34)18(12)24(37)40-9-7-33(11-42-26(39)20-14(29)3-6-17(32)23(20)36)8-10-41-25(38)19-13(28)2-5-16(31)22(19)35/h1-6,34-36H,7-11H2/p+1. The van der Waals surface area contributed by atoms with E-state index < -0.39 is 17.9 Å². The third kappa shape index (κ3) is 9.41. The Kier molecular flexibility index (Phi) is 14.6. The van der Waals surface area contributed by atoms with Crippen molar-refractivity contribution in [2.75, 3.05) is 33.0 Å². The lowest BCUT2D eigenvalue weighted by Gasteiger charge is -2.20. The second-order valence-corrected chi connectivity index (χ2v) is 15.3. The number of halogens is 6. The molecule has 42 heavy (non-hydrogen) atoms. The van der Waals surface area contributed by atoms with Gasteiger partial charge < -0.3 is 29.5 Å². The van der Waals surface area contributed by atoms with E-state index in [0.29, 0.717) is 26.3 Å². The maximum absolute atomic E-state index is 12.9. The quantitative estimate of drug-likeness (QED) is 0.0889. The van der Waals surface area contributed by atoms with Gasteiger partial charge in [-0.1, -0.05) is 0 Å². The molecule has 0 aliphatic heterocycles. The summed E-state index contributed by atoms with van der Waals surface area (Å²) < 4.78 is 19.4. The van der Waals surface area contributed by atoms with Crippen LogP contribution in [-0.4, -0.2) is 66.3 Å². The number of nitrogens with one attached hydrogen (secondary N) is 1. The average Bonchev–Trinajstić information content (AvgIpc) is 2.94. The fraction of sp³-hybridized carbons (Fsp3) is 0.192. The minimum absolute atomic E-state index is 0.0344. The van der Waals surface area contributed by atoms with E-state index in [2.05, 4.69) is 0 Å². The molecule has 3 aromatic carbocycles. The minimum Gasteiger partial charge on any atom is -0.506 e. The van der Waals surface area contributed by atoms with Crippen LogP contribution in [-0.2, 0) is 14.2 Å². The number of aromatic hydroxyl groups is 3. The van der Waals surface area contributed by atoms with Gasteiger partial charge in [-0.05, 0) is 172 Å². The molecule has 0 bridgehead atoms. The number of hydrogen-bond acceptors (Lipinski definition) is 9. The zero-order valence-electron chi connectivity index (χ0n) is 21.1. The molecule has 0 unspecified atom stereocenters. The van der Waals surface area contributed by atoms with Crippen LogP contribution in [0.4, 0.5) is 0 Å². The first-order valence-electron chi connectivity index (χ1n) is 11.7. The molecule has 3 rings (SSSR count). The molecule has 0 radical (unpaired) electrons. The smallest absolute Gasteiger partial charge is 0.347 e. The molecule has 10 nitrogen and oxygen atoms in total. The molecule has 0 heterocycles. The monoisotopic (exact) mass is 1250 g/mol. The summed E-state index contributed by atoms with van der Waals surface area (Å²) in [6.45, 7) is -0.0457. The number of carbonyl (C=O) groups excluding carboxylic acids is 3. The van der Waals surface area contributed by atoms with Crippen molar-refractivity contribution in [2.45, 2.75) is 0 Å². The van der Waals surface area contributed by atoms with Crippen molar-refractivity contribution in [3.05, 3.63) is 74.5 Å². The molecular formula is C26H20I6NO9+. The Morgan fingerprint density at radius 3 is 1.14 bits per heavy atom. The normalized spacial score (nSPS) is 10.9. The van der Waals surface area contributed by atoms with E-state index in [1.165, 1.54) is 0 Å². The summed E-state index contributed by atoms with van der Waals surface area (Å²) in [5, 5.41) is 31.0. The van der Waals surface area contributed by atoms with Crippen LogP contribution in [0.5, 0.6) is 17.2 Å². The number of phenolic OH excluding ortho intramolecular Hbond substituents is 3. The first-order valence-corrected chi connectivity index (χ1v) is 18.2. The van der Waals surface area contributed by atoms with Crippen LogP contribution in [0.1, 0.15) is 31.1 Å². The first kappa shape index (κ1) is 36.3. The number of esters is 3. The van der Waals surface area contributed by atoms with Crippen molar-refractivity contribution in [2.24, 2.45) is 0 Å². The van der Waals surface area contributed by atoms with Crippen LogP contribution in [0.25, 0.3) is 0 Å². The van der Waals surface area contributed by atoms with Crippen molar-refractivity contribution >= 4 is 153 Å². The van der Waals surface area contributed by atoms with Gasteiger partial charge in [0.05, 0.1) is 10.7 Å². The second kappa shape index (κ2) is 16.9. The summed E-state index contributed by atoms with van der Waals surface area (Å²) in [4.78, 5) is 38.9. The summed E-state index contributed by atoms with van der Waals surface area (Å²) in [5.41, 5.74) is 0.146. The van der Waals surface area contributed by atoms with Gasteiger partial charge in [0.1, 0.15) is 60.2 Å². The van der Waals surface area contributed by atoms with Crippen molar-refractivity contribution < 1.29 is 48.8 Å². The Morgan fingerprint density at radius 1 is 0.524 bits per heavy atom. The Labute approximate surface area is 322 Å². The highest BCUT2D eigenvalue weighted by molar-refractivity contribution is 14.1. The zero-order valence-corrected chi connectivity index (χ0v) is 34.0. The van der Waals surface area contributed by atoms with Crippen LogP contribution in [0.3, 0.4) is 0 Å². The molecule has 0 aliphatic carbocycles. The Hall–Kier alpha value is -0.190. The maximum Gasteiger partial charge on any atom is 0.347 e. The molecule has 0 aromatic heterocycles. The van der Waals surface area contributed by atoms with Gasteiger partial charge in [0.2, 0.25) is 6.73 Å². The van der Waals surface area contributed by atoms with E-state index in [1.807, 2.05) is 136 Å². The lowest BCUT2D eigenvalue weighted by atomic mass is 10.2. The minimum atomic E-state index is -0.737. The van der Waals surface area contributed by atoms with Crippen molar-refractivity contribution in [1.29, 1.82) is 0 Å². The highest BCUT2D eigenvalue weighted by Gasteiger charge is 2.24. The highest BCUT2D eigenvalue weighted by Crippen LogP contribution is 2.31. The number of quaternary nitrogens is 1. The van der Waals surface area contributed by atoms with Gasteiger partial charge in [-0.3, -0.25) is 4.90 Å². The number of ether oxygens (including phenoxy) is 3. The van der Waals surface area contributed by atoms with Crippen LogP contribution < -0.4 is 4.90 Å². The number of hydrogen-bond donors (Lipinski definition) is 4. The maximum atomic E-state index is 12.9. The van der Waals surface area contributed by atoms with E-state index in [1.54, 1.807) is 36.4 Å². The Bertz CT molecular complexity index is 1440. The molecular weight excluding hydrogens is 1230 g/mol. The van der Waals surface area contributed by atoms with E-state index in [4.69, 9.17) is 14.2 Å². The van der Waals surface area contributed by atoms with Gasteiger partial charge in [-0.25, -0.2) is 14.4 Å². The molecule has 0 saturated heterocycles. The molecule has 0 spiro atoms. The molecule has 16 heteroatoms. The summed E-state index contributed by atoms with van der Waals surface area (Å²) in [5.74, 6) is -2.68. The van der Waals surface area contributed by atoms with Crippen LogP contribution in [0.2, 0.25) is 0 Å². The molecule has 224 valence electrons. The second-order valence-electron chi connectivity index (χ2n) is 8.36. The Morgan fingerprint density at radius 2 is 0.810 bits per heavy atom. The van der Waals surface area contributed by atoms with Crippen molar-refractivity contribution in [1.82, 2.24) is 0 Å². The molecule has 0 saturated carbocycles. The average molecular weight is 1250 g/mol. The molecule has 4 N–H and O–H groups in total. The Balaban J connectivity index is 1.69. The van der Waals surface area contributed by atoms with E-state index >= 15 is 0 Å². The molecule has 0 fully saturated rings. The highest BCUT2D eigenvalue weighted by atomic mass is 127. The number of phenols is 3. The van der Waals surface area contributed by atoms with Gasteiger partial charge >= 0.3 is 17.9 Å². The lowest BCUT2D eigenvalue weighted by Crippen LogP contribution is -3.13.